The topological polar surface area (TPSA) is 465 Å². The van der Waals surface area contributed by atoms with Gasteiger partial charge in [-0.05, 0) is 141 Å². The van der Waals surface area contributed by atoms with Crippen molar-refractivity contribution in [1.29, 1.82) is 0 Å². The number of benzene rings is 2. The predicted octanol–water partition coefficient (Wildman–Crippen LogP) is 0.287. The lowest BCUT2D eigenvalue weighted by Gasteiger charge is -2.71. The number of phenolic OH excluding ortho intramolecular Hbond substituents is 1. The average molecular weight is 1420 g/mol. The quantitative estimate of drug-likeness (QED) is 0.0421. The molecule has 5 saturated heterocycles. The molecule has 2 aromatic rings. The van der Waals surface area contributed by atoms with Crippen molar-refractivity contribution in [2.75, 3.05) is 25.6 Å². The molecule has 0 amide bonds. The number of allylic oxidation sites excluding steroid dienone is 2. The lowest BCUT2D eigenvalue weighted by atomic mass is 9.33. The number of rotatable bonds is 13. The molecule has 17 N–H and O–H groups in total. The van der Waals surface area contributed by atoms with Gasteiger partial charge in [-0.15, -0.1) is 0 Å². The van der Waals surface area contributed by atoms with Gasteiger partial charge in [-0.3, -0.25) is 4.79 Å². The number of phenols is 1. The first-order valence-electron chi connectivity index (χ1n) is 35.0. The summed E-state index contributed by atoms with van der Waals surface area (Å²) in [6, 6.07) is 12.9. The number of ether oxygens (including phenoxy) is 11. The maximum absolute atomic E-state index is 15.4. The fraction of sp³-hybridized carbons (Fsp3) is 0.775. The number of anilines is 1. The fourth-order valence-corrected chi connectivity index (χ4v) is 18.8. The van der Waals surface area contributed by atoms with E-state index >= 15 is 4.79 Å². The minimum atomic E-state index is -1.93. The Hall–Kier alpha value is -4.20. The molecule has 5 aliphatic carbocycles. The van der Waals surface area contributed by atoms with Crippen LogP contribution in [0.4, 0.5) is 5.69 Å². The van der Waals surface area contributed by atoms with Crippen LogP contribution in [-0.4, -0.2) is 262 Å². The van der Waals surface area contributed by atoms with Gasteiger partial charge in [0.1, 0.15) is 114 Å². The summed E-state index contributed by atoms with van der Waals surface area (Å²) < 4.78 is 64.7. The van der Waals surface area contributed by atoms with E-state index in [-0.39, 0.29) is 58.8 Å². The minimum absolute atomic E-state index is 0.0862. The molecule has 562 valence electrons. The van der Waals surface area contributed by atoms with Crippen molar-refractivity contribution in [2.45, 2.75) is 274 Å². The number of hydrogen-bond acceptors (Lipinski definition) is 29. The first kappa shape index (κ1) is 76.9. The van der Waals surface area contributed by atoms with E-state index in [4.69, 9.17) is 57.8 Å². The Kier molecular flexibility index (Phi) is 22.5. The SMILES string of the molecule is CC1OC(OC2CCC3(C)C(CCC4(C)C3CC=C3C5CC(C)(C)CCC5(C(=O)OC5OCC(O)C(O)C5OC5OC(C)C(OC6OC(CO)C(O)C(O)C6O)C(O)C5O)C(O)CC34C)C2(C)C)C(O)C(O)C1OC1OCC(O)C(O)C1O.Nc1ccc(C(=O)Oc2ccccc2)c(O)c1. The lowest BCUT2D eigenvalue weighted by molar-refractivity contribution is -0.374. The highest BCUT2D eigenvalue weighted by Gasteiger charge is 2.72. The van der Waals surface area contributed by atoms with Gasteiger partial charge in [-0.2, -0.15) is 0 Å². The molecular weight excluding hydrogens is 1310 g/mol. The number of aliphatic hydroxyl groups excluding tert-OH is 14. The first-order valence-corrected chi connectivity index (χ1v) is 35.0. The van der Waals surface area contributed by atoms with E-state index < -0.39 is 201 Å². The van der Waals surface area contributed by atoms with Gasteiger partial charge < -0.3 is 134 Å². The maximum atomic E-state index is 15.4. The number of aromatic hydroxyl groups is 1. The Morgan fingerprint density at radius 1 is 0.580 bits per heavy atom. The number of carbonyl (C=O) groups is 2. The second-order valence-corrected chi connectivity index (χ2v) is 31.7. The normalized spacial score (nSPS) is 47.5. The molecular formula is C71H105NO28. The number of nitrogens with two attached hydrogens (primary N) is 1. The summed E-state index contributed by atoms with van der Waals surface area (Å²) in [6.45, 7) is 17.2. The van der Waals surface area contributed by atoms with Crippen molar-refractivity contribution in [3.8, 4) is 11.5 Å². The molecule has 32 unspecified atom stereocenters. The summed E-state index contributed by atoms with van der Waals surface area (Å²) in [5.41, 5.74) is 3.67. The highest BCUT2D eigenvalue weighted by Crippen LogP contribution is 2.76. The summed E-state index contributed by atoms with van der Waals surface area (Å²) in [6.07, 6.45) is -29.2. The molecule has 32 atom stereocenters. The molecule has 100 heavy (non-hydrogen) atoms. The molecule has 29 nitrogen and oxygen atoms in total. The van der Waals surface area contributed by atoms with Crippen molar-refractivity contribution in [3.63, 3.8) is 0 Å². The number of para-hydroxylation sites is 1. The molecule has 10 aliphatic rings. The summed E-state index contributed by atoms with van der Waals surface area (Å²) in [7, 11) is 0. The largest absolute Gasteiger partial charge is 0.507 e. The van der Waals surface area contributed by atoms with Gasteiger partial charge in [0.2, 0.25) is 6.29 Å². The third kappa shape index (κ3) is 13.8. The predicted molar refractivity (Wildman–Crippen MR) is 346 cm³/mol. The van der Waals surface area contributed by atoms with E-state index in [9.17, 15) is 81.4 Å². The first-order chi connectivity index (χ1) is 46.9. The van der Waals surface area contributed by atoms with Crippen molar-refractivity contribution in [1.82, 2.24) is 0 Å². The fourth-order valence-electron chi connectivity index (χ4n) is 18.8. The summed E-state index contributed by atoms with van der Waals surface area (Å²) in [5.74, 6) is -1.38. The zero-order chi connectivity index (χ0) is 72.8. The minimum Gasteiger partial charge on any atom is -0.507 e. The summed E-state index contributed by atoms with van der Waals surface area (Å²) in [5, 5.41) is 162. The molecule has 0 spiro atoms. The zero-order valence-corrected chi connectivity index (χ0v) is 57.9. The van der Waals surface area contributed by atoms with E-state index in [2.05, 4.69) is 54.5 Å². The Labute approximate surface area is 580 Å². The molecule has 0 aromatic heterocycles. The van der Waals surface area contributed by atoms with Gasteiger partial charge in [0, 0.05) is 11.8 Å². The van der Waals surface area contributed by atoms with E-state index in [0.717, 1.165) is 24.8 Å². The molecule has 29 heteroatoms. The third-order valence-corrected chi connectivity index (χ3v) is 24.9. The van der Waals surface area contributed by atoms with Gasteiger partial charge >= 0.3 is 11.9 Å². The Bertz CT molecular complexity index is 3200. The second-order valence-electron chi connectivity index (χ2n) is 31.7. The zero-order valence-electron chi connectivity index (χ0n) is 57.9. The lowest BCUT2D eigenvalue weighted by Crippen LogP contribution is -2.68. The smallest absolute Gasteiger partial charge is 0.347 e. The van der Waals surface area contributed by atoms with E-state index in [1.54, 1.807) is 31.2 Å². The molecule has 9 fully saturated rings. The van der Waals surface area contributed by atoms with E-state index in [1.165, 1.54) is 25.1 Å². The van der Waals surface area contributed by atoms with Crippen LogP contribution in [-0.2, 0) is 52.2 Å². The molecule has 0 bridgehead atoms. The highest BCUT2D eigenvalue weighted by molar-refractivity contribution is 5.94. The molecule has 5 aliphatic heterocycles. The Morgan fingerprint density at radius 3 is 1.78 bits per heavy atom. The molecule has 4 saturated carbocycles. The Morgan fingerprint density at radius 2 is 1.15 bits per heavy atom. The van der Waals surface area contributed by atoms with E-state index in [0.29, 0.717) is 37.1 Å². The van der Waals surface area contributed by atoms with Crippen LogP contribution in [0, 0.1) is 50.2 Å². The summed E-state index contributed by atoms with van der Waals surface area (Å²) in [4.78, 5) is 27.1. The average Bonchev–Trinajstić information content (AvgIpc) is 0.671. The number of nitrogen functional groups attached to an aromatic ring is 1. The van der Waals surface area contributed by atoms with Gasteiger partial charge in [-0.1, -0.05) is 78.3 Å². The number of hydrogen-bond donors (Lipinski definition) is 16. The van der Waals surface area contributed by atoms with Crippen LogP contribution in [0.15, 0.2) is 60.2 Å². The monoisotopic (exact) mass is 1420 g/mol. The summed E-state index contributed by atoms with van der Waals surface area (Å²) >= 11 is 0. The van der Waals surface area contributed by atoms with Crippen LogP contribution < -0.4 is 10.5 Å². The van der Waals surface area contributed by atoms with Crippen molar-refractivity contribution < 1.29 is 138 Å². The second kappa shape index (κ2) is 29.3. The Balaban J connectivity index is 0.000000516. The third-order valence-electron chi connectivity index (χ3n) is 24.9. The van der Waals surface area contributed by atoms with Crippen LogP contribution >= 0.6 is 0 Å². The van der Waals surface area contributed by atoms with Gasteiger partial charge in [0.25, 0.3) is 0 Å². The van der Waals surface area contributed by atoms with Gasteiger partial charge in [-0.25, -0.2) is 4.79 Å². The van der Waals surface area contributed by atoms with Crippen LogP contribution in [0.5, 0.6) is 11.5 Å². The molecule has 2 aromatic carbocycles. The van der Waals surface area contributed by atoms with Crippen molar-refractivity contribution in [3.05, 3.63) is 65.7 Å². The van der Waals surface area contributed by atoms with Crippen LogP contribution in [0.25, 0.3) is 0 Å². The number of esters is 2. The number of fused-ring (bicyclic) bond motifs is 7. The van der Waals surface area contributed by atoms with E-state index in [1.807, 2.05) is 6.07 Å². The van der Waals surface area contributed by atoms with Crippen LogP contribution in [0.3, 0.4) is 0 Å². The number of carbonyl (C=O) groups excluding carboxylic acids is 2. The number of aliphatic hydroxyl groups is 14. The molecule has 0 radical (unpaired) electrons. The van der Waals surface area contributed by atoms with Crippen molar-refractivity contribution >= 4 is 17.6 Å². The standard InChI is InChI=1S/C58H94O25.C13H11NO3/c1-23-44(80-47-40(69)34(63)27(60)21-74-47)38(67)42(71)48(76-23)79-33-13-14-55(7)30(54(33,5)6)12-15-56(8)31(55)11-10-25-26-18-53(3,4)16-17-58(26,32(62)19-57(25,56)9)52(73)83-51-46(35(64)28(61)22-75-51)82-49-43(72)39(68)45(24(2)77-49)81-50-41(70)37(66)36(65)29(20-59)78-50;14-9-6-7-11(12(15)8-9)13(16)17-10-4-2-1-3-5-10/h10,23-24,26-51,59-72H,11-22H2,1-9H3;1-8,15H,14H2. The van der Waals surface area contributed by atoms with Gasteiger partial charge in [0.15, 0.2) is 31.3 Å². The molecule has 5 heterocycles. The molecule has 12 rings (SSSR count). The van der Waals surface area contributed by atoms with Crippen molar-refractivity contribution in [2.24, 2.45) is 50.2 Å². The van der Waals surface area contributed by atoms with Crippen LogP contribution in [0.2, 0.25) is 0 Å². The van der Waals surface area contributed by atoms with Crippen LogP contribution in [0.1, 0.15) is 130 Å². The highest BCUT2D eigenvalue weighted by atomic mass is 16.8. The maximum Gasteiger partial charge on any atom is 0.347 e. The van der Waals surface area contributed by atoms with Gasteiger partial charge in [0.05, 0.1) is 44.2 Å².